The molecule has 0 aliphatic heterocycles. The molecular weight excluding hydrogens is 158 g/mol. The fourth-order valence-electron chi connectivity index (χ4n) is 1.02. The van der Waals surface area contributed by atoms with Crippen LogP contribution in [0.4, 0.5) is 0 Å². The molecule has 0 saturated carbocycles. The maximum absolute atomic E-state index is 10.6. The molecule has 0 atom stereocenters. The Hall–Kier alpha value is -1.91. The highest BCUT2D eigenvalue weighted by Crippen LogP contribution is 2.03. The number of hydrogen-bond acceptors (Lipinski definition) is 3. The van der Waals surface area contributed by atoms with E-state index in [0.717, 1.165) is 0 Å². The van der Waals surface area contributed by atoms with Crippen LogP contribution in [0, 0.1) is 0 Å². The van der Waals surface area contributed by atoms with Crippen LogP contribution < -0.4 is 0 Å². The van der Waals surface area contributed by atoms with Gasteiger partial charge in [-0.1, -0.05) is 6.07 Å². The Morgan fingerprint density at radius 3 is 3.08 bits per heavy atom. The highest BCUT2D eigenvalue weighted by atomic mass is 16.4. The van der Waals surface area contributed by atoms with Crippen molar-refractivity contribution in [1.82, 2.24) is 14.6 Å². The van der Waals surface area contributed by atoms with Crippen molar-refractivity contribution in [2.45, 2.75) is 0 Å². The van der Waals surface area contributed by atoms with Crippen LogP contribution in [0.5, 0.6) is 0 Å². The Labute approximate surface area is 67.3 Å². The molecule has 0 fully saturated rings. The van der Waals surface area contributed by atoms with Crippen LogP contribution >= 0.6 is 0 Å². The van der Waals surface area contributed by atoms with Crippen LogP contribution in [0.25, 0.3) is 5.65 Å². The predicted octanol–water partition coefficient (Wildman–Crippen LogP) is 0.427. The molecule has 2 aromatic rings. The Morgan fingerprint density at radius 2 is 2.33 bits per heavy atom. The molecule has 5 heteroatoms. The van der Waals surface area contributed by atoms with Gasteiger partial charge in [-0.2, -0.15) is 0 Å². The zero-order valence-corrected chi connectivity index (χ0v) is 6.01. The summed E-state index contributed by atoms with van der Waals surface area (Å²) in [6.07, 6.45) is 1.37. The SMILES string of the molecule is O=C(O)c1cccc2nncn12. The van der Waals surface area contributed by atoms with Crippen molar-refractivity contribution >= 4 is 11.6 Å². The third-order valence-corrected chi connectivity index (χ3v) is 1.55. The first-order chi connectivity index (χ1) is 5.79. The Balaban J connectivity index is 2.82. The summed E-state index contributed by atoms with van der Waals surface area (Å²) in [4.78, 5) is 10.6. The molecule has 0 aliphatic rings. The number of aromatic carboxylic acids is 1. The van der Waals surface area contributed by atoms with E-state index in [4.69, 9.17) is 5.11 Å². The highest BCUT2D eigenvalue weighted by molar-refractivity contribution is 5.86. The molecular formula is C7H5N3O2. The second-order valence-corrected chi connectivity index (χ2v) is 2.28. The molecule has 0 radical (unpaired) electrons. The lowest BCUT2D eigenvalue weighted by molar-refractivity contribution is 0.0689. The van der Waals surface area contributed by atoms with E-state index < -0.39 is 5.97 Å². The maximum atomic E-state index is 10.6. The first kappa shape index (κ1) is 6.78. The molecule has 2 rings (SSSR count). The lowest BCUT2D eigenvalue weighted by Gasteiger charge is -1.96. The monoisotopic (exact) mass is 163 g/mol. The number of aromatic nitrogens is 3. The molecule has 2 aromatic heterocycles. The molecule has 0 spiro atoms. The van der Waals surface area contributed by atoms with E-state index in [2.05, 4.69) is 10.2 Å². The van der Waals surface area contributed by atoms with Gasteiger partial charge in [0.25, 0.3) is 0 Å². The molecule has 0 unspecified atom stereocenters. The van der Waals surface area contributed by atoms with Gasteiger partial charge in [0.15, 0.2) is 5.65 Å². The van der Waals surface area contributed by atoms with E-state index >= 15 is 0 Å². The van der Waals surface area contributed by atoms with Crippen LogP contribution in [0.1, 0.15) is 10.5 Å². The van der Waals surface area contributed by atoms with Gasteiger partial charge in [-0.25, -0.2) is 4.79 Å². The summed E-state index contributed by atoms with van der Waals surface area (Å²) in [5.41, 5.74) is 0.701. The van der Waals surface area contributed by atoms with Gasteiger partial charge >= 0.3 is 5.97 Å². The molecule has 2 heterocycles. The Morgan fingerprint density at radius 1 is 1.50 bits per heavy atom. The molecule has 0 saturated heterocycles. The summed E-state index contributed by atoms with van der Waals surface area (Å²) in [7, 11) is 0. The number of nitrogens with zero attached hydrogens (tertiary/aromatic N) is 3. The van der Waals surface area contributed by atoms with Crippen LogP contribution in [-0.4, -0.2) is 25.7 Å². The van der Waals surface area contributed by atoms with Gasteiger partial charge in [-0.05, 0) is 12.1 Å². The van der Waals surface area contributed by atoms with E-state index in [1.54, 1.807) is 12.1 Å². The largest absolute Gasteiger partial charge is 0.477 e. The van der Waals surface area contributed by atoms with Crippen molar-refractivity contribution < 1.29 is 9.90 Å². The fraction of sp³-hybridized carbons (Fsp3) is 0. The van der Waals surface area contributed by atoms with Gasteiger partial charge in [0, 0.05) is 0 Å². The number of carbonyl (C=O) groups is 1. The summed E-state index contributed by atoms with van der Waals surface area (Å²) in [5.74, 6) is -0.986. The molecule has 0 aromatic carbocycles. The van der Waals surface area contributed by atoms with Crippen molar-refractivity contribution in [2.75, 3.05) is 0 Å². The maximum Gasteiger partial charge on any atom is 0.352 e. The van der Waals surface area contributed by atoms with Gasteiger partial charge in [0.1, 0.15) is 12.0 Å². The van der Waals surface area contributed by atoms with E-state index in [1.807, 2.05) is 0 Å². The summed E-state index contributed by atoms with van der Waals surface area (Å²) in [5, 5.41) is 16.0. The van der Waals surface area contributed by atoms with Gasteiger partial charge in [0.2, 0.25) is 0 Å². The van der Waals surface area contributed by atoms with E-state index in [9.17, 15) is 4.79 Å². The molecule has 12 heavy (non-hydrogen) atoms. The highest BCUT2D eigenvalue weighted by Gasteiger charge is 2.06. The first-order valence-corrected chi connectivity index (χ1v) is 3.31. The average Bonchev–Trinajstić information content (AvgIpc) is 2.49. The zero-order chi connectivity index (χ0) is 8.55. The summed E-state index contributed by atoms with van der Waals surface area (Å²) >= 11 is 0. The second kappa shape index (κ2) is 2.30. The third kappa shape index (κ3) is 0.833. The van der Waals surface area contributed by atoms with Crippen molar-refractivity contribution in [3.8, 4) is 0 Å². The second-order valence-electron chi connectivity index (χ2n) is 2.28. The summed E-state index contributed by atoms with van der Waals surface area (Å²) < 4.78 is 1.42. The lowest BCUT2D eigenvalue weighted by Crippen LogP contribution is -2.03. The zero-order valence-electron chi connectivity index (χ0n) is 6.01. The number of rotatable bonds is 1. The molecule has 0 aliphatic carbocycles. The number of pyridine rings is 1. The van der Waals surface area contributed by atoms with Crippen LogP contribution in [-0.2, 0) is 0 Å². The van der Waals surface area contributed by atoms with E-state index in [1.165, 1.54) is 16.8 Å². The van der Waals surface area contributed by atoms with Crippen molar-refractivity contribution in [2.24, 2.45) is 0 Å². The van der Waals surface area contributed by atoms with Crippen molar-refractivity contribution in [3.05, 3.63) is 30.2 Å². The minimum absolute atomic E-state index is 0.164. The van der Waals surface area contributed by atoms with Gasteiger partial charge in [0.05, 0.1) is 0 Å². The molecule has 1 N–H and O–H groups in total. The lowest BCUT2D eigenvalue weighted by atomic mass is 10.3. The van der Waals surface area contributed by atoms with Gasteiger partial charge in [-0.3, -0.25) is 4.40 Å². The number of fused-ring (bicyclic) bond motifs is 1. The minimum Gasteiger partial charge on any atom is -0.477 e. The first-order valence-electron chi connectivity index (χ1n) is 3.31. The number of hydrogen-bond donors (Lipinski definition) is 1. The van der Waals surface area contributed by atoms with Crippen molar-refractivity contribution in [3.63, 3.8) is 0 Å². The van der Waals surface area contributed by atoms with Crippen LogP contribution in [0.2, 0.25) is 0 Å². The van der Waals surface area contributed by atoms with Gasteiger partial charge < -0.3 is 5.11 Å². The molecule has 0 bridgehead atoms. The third-order valence-electron chi connectivity index (χ3n) is 1.55. The molecule has 60 valence electrons. The summed E-state index contributed by atoms with van der Waals surface area (Å²) in [6.45, 7) is 0. The van der Waals surface area contributed by atoms with Gasteiger partial charge in [-0.15, -0.1) is 10.2 Å². The Bertz CT molecular complexity index is 435. The molecule has 5 nitrogen and oxygen atoms in total. The molecule has 0 amide bonds. The summed E-state index contributed by atoms with van der Waals surface area (Å²) in [6, 6.07) is 4.82. The van der Waals surface area contributed by atoms with Crippen LogP contribution in [0.15, 0.2) is 24.5 Å². The van der Waals surface area contributed by atoms with Crippen molar-refractivity contribution in [1.29, 1.82) is 0 Å². The number of carboxylic acids is 1. The average molecular weight is 163 g/mol. The van der Waals surface area contributed by atoms with E-state index in [-0.39, 0.29) is 5.69 Å². The normalized spacial score (nSPS) is 10.3. The predicted molar refractivity (Wildman–Crippen MR) is 39.9 cm³/mol. The standard InChI is InChI=1S/C7H5N3O2/c11-7(12)5-2-1-3-6-9-8-4-10(5)6/h1-4H,(H,11,12). The quantitative estimate of drug-likeness (QED) is 0.661. The van der Waals surface area contributed by atoms with Crippen LogP contribution in [0.3, 0.4) is 0 Å². The topological polar surface area (TPSA) is 67.5 Å². The smallest absolute Gasteiger partial charge is 0.352 e. The Kier molecular flexibility index (Phi) is 1.30. The number of carboxylic acid groups (broad SMARTS) is 1. The van der Waals surface area contributed by atoms with E-state index in [0.29, 0.717) is 5.65 Å². The minimum atomic E-state index is -0.986. The fourth-order valence-corrected chi connectivity index (χ4v) is 1.02.